The predicted molar refractivity (Wildman–Crippen MR) is 92.1 cm³/mol. The monoisotopic (exact) mass is 332 g/mol. The SMILES string of the molecule is O=C1OC(c2ccccc2)C1(Oc1ccccc1)Oc1ccccc1. The Morgan fingerprint density at radius 1 is 0.680 bits per heavy atom. The number of rotatable bonds is 5. The lowest BCUT2D eigenvalue weighted by atomic mass is 9.95. The standard InChI is InChI=1S/C21H16O4/c22-20-21(24-17-12-6-2-7-13-17,25-18-14-8-3-9-15-18)19(23-20)16-10-4-1-5-11-16/h1-15,19H. The Morgan fingerprint density at radius 2 is 1.12 bits per heavy atom. The molecule has 0 aromatic heterocycles. The van der Waals surface area contributed by atoms with Gasteiger partial charge in [-0.1, -0.05) is 66.7 Å². The Labute approximate surface area is 145 Å². The van der Waals surface area contributed by atoms with Gasteiger partial charge in [0.15, 0.2) is 0 Å². The molecule has 0 N–H and O–H groups in total. The lowest BCUT2D eigenvalue weighted by Gasteiger charge is -2.45. The highest BCUT2D eigenvalue weighted by Gasteiger charge is 2.65. The van der Waals surface area contributed by atoms with E-state index in [1.165, 1.54) is 0 Å². The van der Waals surface area contributed by atoms with Crippen molar-refractivity contribution in [2.24, 2.45) is 0 Å². The first kappa shape index (κ1) is 15.3. The molecule has 3 aromatic rings. The van der Waals surface area contributed by atoms with Gasteiger partial charge in [-0.15, -0.1) is 0 Å². The number of para-hydroxylation sites is 2. The molecule has 4 nitrogen and oxygen atoms in total. The quantitative estimate of drug-likeness (QED) is 0.520. The van der Waals surface area contributed by atoms with Gasteiger partial charge in [-0.05, 0) is 24.3 Å². The number of ether oxygens (including phenoxy) is 3. The van der Waals surface area contributed by atoms with E-state index in [1.54, 1.807) is 24.3 Å². The molecule has 0 bridgehead atoms. The Kier molecular flexibility index (Phi) is 3.86. The molecule has 1 fully saturated rings. The van der Waals surface area contributed by atoms with Crippen molar-refractivity contribution in [3.05, 3.63) is 96.6 Å². The summed E-state index contributed by atoms with van der Waals surface area (Å²) in [5.74, 6) is -1.02. The summed E-state index contributed by atoms with van der Waals surface area (Å²) in [4.78, 5) is 12.5. The second-order valence-electron chi connectivity index (χ2n) is 5.69. The molecule has 1 atom stereocenters. The number of cyclic esters (lactones) is 1. The van der Waals surface area contributed by atoms with Gasteiger partial charge in [-0.2, -0.15) is 0 Å². The number of benzene rings is 3. The second-order valence-corrected chi connectivity index (χ2v) is 5.69. The molecule has 4 rings (SSSR count). The maximum absolute atomic E-state index is 12.5. The molecule has 0 radical (unpaired) electrons. The zero-order valence-corrected chi connectivity index (χ0v) is 13.4. The Morgan fingerprint density at radius 3 is 1.56 bits per heavy atom. The third-order valence-electron chi connectivity index (χ3n) is 3.98. The van der Waals surface area contributed by atoms with E-state index in [1.807, 2.05) is 66.7 Å². The second kappa shape index (κ2) is 6.32. The van der Waals surface area contributed by atoms with E-state index in [9.17, 15) is 4.79 Å². The summed E-state index contributed by atoms with van der Waals surface area (Å²) in [6.07, 6.45) is -0.651. The number of carbonyl (C=O) groups excluding carboxylic acids is 1. The Balaban J connectivity index is 1.73. The fourth-order valence-electron chi connectivity index (χ4n) is 2.77. The first-order valence-electron chi connectivity index (χ1n) is 8.02. The van der Waals surface area contributed by atoms with Gasteiger partial charge >= 0.3 is 11.8 Å². The molecule has 0 aliphatic carbocycles. The van der Waals surface area contributed by atoms with Gasteiger partial charge in [0, 0.05) is 5.56 Å². The minimum Gasteiger partial charge on any atom is -0.442 e. The van der Waals surface area contributed by atoms with Crippen molar-refractivity contribution in [3.8, 4) is 11.5 Å². The van der Waals surface area contributed by atoms with Crippen LogP contribution in [0.1, 0.15) is 11.7 Å². The van der Waals surface area contributed by atoms with Crippen LogP contribution in [0.3, 0.4) is 0 Å². The van der Waals surface area contributed by atoms with Gasteiger partial charge in [-0.3, -0.25) is 0 Å². The summed E-state index contributed by atoms with van der Waals surface area (Å²) in [7, 11) is 0. The molecule has 1 unspecified atom stereocenters. The van der Waals surface area contributed by atoms with Crippen molar-refractivity contribution in [2.75, 3.05) is 0 Å². The molecule has 25 heavy (non-hydrogen) atoms. The maximum Gasteiger partial charge on any atom is 0.398 e. The van der Waals surface area contributed by atoms with Crippen LogP contribution in [-0.2, 0) is 9.53 Å². The minimum atomic E-state index is -1.55. The van der Waals surface area contributed by atoms with Gasteiger partial charge in [0.05, 0.1) is 0 Å². The molecule has 1 aliphatic rings. The summed E-state index contributed by atoms with van der Waals surface area (Å²) >= 11 is 0. The lowest BCUT2D eigenvalue weighted by Crippen LogP contribution is -2.65. The molecule has 124 valence electrons. The van der Waals surface area contributed by atoms with Crippen molar-refractivity contribution >= 4 is 5.97 Å². The highest BCUT2D eigenvalue weighted by Crippen LogP contribution is 2.44. The largest absolute Gasteiger partial charge is 0.442 e. The number of hydrogen-bond acceptors (Lipinski definition) is 4. The fourth-order valence-corrected chi connectivity index (χ4v) is 2.77. The van der Waals surface area contributed by atoms with Gasteiger partial charge in [-0.25, -0.2) is 4.79 Å². The molecule has 0 amide bonds. The Hall–Kier alpha value is -3.27. The van der Waals surface area contributed by atoms with Crippen molar-refractivity contribution < 1.29 is 19.0 Å². The highest BCUT2D eigenvalue weighted by molar-refractivity contribution is 5.86. The maximum atomic E-state index is 12.5. The molecular weight excluding hydrogens is 316 g/mol. The van der Waals surface area contributed by atoms with Crippen LogP contribution in [0.2, 0.25) is 0 Å². The zero-order chi connectivity index (χ0) is 17.1. The topological polar surface area (TPSA) is 44.8 Å². The first-order valence-corrected chi connectivity index (χ1v) is 8.02. The Bertz CT molecular complexity index is 805. The molecule has 1 aliphatic heterocycles. The molecule has 1 heterocycles. The van der Waals surface area contributed by atoms with E-state index < -0.39 is 17.9 Å². The zero-order valence-electron chi connectivity index (χ0n) is 13.4. The average Bonchev–Trinajstić information content (AvgIpc) is 2.68. The molecule has 4 heteroatoms. The van der Waals surface area contributed by atoms with E-state index in [4.69, 9.17) is 14.2 Å². The van der Waals surface area contributed by atoms with Gasteiger partial charge in [0.1, 0.15) is 11.5 Å². The van der Waals surface area contributed by atoms with E-state index in [0.29, 0.717) is 11.5 Å². The summed E-state index contributed by atoms with van der Waals surface area (Å²) in [6, 6.07) is 27.7. The molecule has 1 saturated heterocycles. The van der Waals surface area contributed by atoms with Crippen LogP contribution in [0, 0.1) is 0 Å². The highest BCUT2D eigenvalue weighted by atomic mass is 16.8. The summed E-state index contributed by atoms with van der Waals surface area (Å²) in [6.45, 7) is 0. The third kappa shape index (κ3) is 2.83. The first-order chi connectivity index (χ1) is 12.3. The smallest absolute Gasteiger partial charge is 0.398 e. The van der Waals surface area contributed by atoms with E-state index in [2.05, 4.69) is 0 Å². The lowest BCUT2D eigenvalue weighted by molar-refractivity contribution is -0.279. The van der Waals surface area contributed by atoms with Crippen LogP contribution in [0.15, 0.2) is 91.0 Å². The van der Waals surface area contributed by atoms with Crippen LogP contribution in [0.5, 0.6) is 11.5 Å². The van der Waals surface area contributed by atoms with E-state index >= 15 is 0 Å². The fraction of sp³-hybridized carbons (Fsp3) is 0.0952. The molecule has 0 spiro atoms. The molecular formula is C21H16O4. The van der Waals surface area contributed by atoms with Crippen LogP contribution in [-0.4, -0.2) is 11.8 Å². The van der Waals surface area contributed by atoms with Crippen molar-refractivity contribution in [1.82, 2.24) is 0 Å². The van der Waals surface area contributed by atoms with Gasteiger partial charge < -0.3 is 14.2 Å². The summed E-state index contributed by atoms with van der Waals surface area (Å²) in [5, 5.41) is 0. The van der Waals surface area contributed by atoms with Crippen LogP contribution < -0.4 is 9.47 Å². The number of carbonyl (C=O) groups is 1. The number of esters is 1. The third-order valence-corrected chi connectivity index (χ3v) is 3.98. The van der Waals surface area contributed by atoms with Crippen molar-refractivity contribution in [3.63, 3.8) is 0 Å². The molecule has 0 saturated carbocycles. The summed E-state index contributed by atoms with van der Waals surface area (Å²) < 4.78 is 17.4. The molecule has 3 aromatic carbocycles. The van der Waals surface area contributed by atoms with Gasteiger partial charge in [0.2, 0.25) is 6.10 Å². The van der Waals surface area contributed by atoms with Crippen molar-refractivity contribution in [2.45, 2.75) is 11.9 Å². The minimum absolute atomic E-state index is 0.538. The predicted octanol–water partition coefficient (Wildman–Crippen LogP) is 4.14. The van der Waals surface area contributed by atoms with Gasteiger partial charge in [0.25, 0.3) is 0 Å². The van der Waals surface area contributed by atoms with Crippen molar-refractivity contribution in [1.29, 1.82) is 0 Å². The normalized spacial score (nSPS) is 17.9. The number of hydrogen-bond donors (Lipinski definition) is 0. The average molecular weight is 332 g/mol. The van der Waals surface area contributed by atoms with E-state index in [0.717, 1.165) is 5.56 Å². The van der Waals surface area contributed by atoms with Crippen LogP contribution >= 0.6 is 0 Å². The van der Waals surface area contributed by atoms with Crippen LogP contribution in [0.4, 0.5) is 0 Å². The summed E-state index contributed by atoms with van der Waals surface area (Å²) in [5.41, 5.74) is 0.814. The van der Waals surface area contributed by atoms with E-state index in [-0.39, 0.29) is 0 Å². The van der Waals surface area contributed by atoms with Crippen LogP contribution in [0.25, 0.3) is 0 Å².